The fourth-order valence-corrected chi connectivity index (χ4v) is 3.93. The van der Waals surface area contributed by atoms with Gasteiger partial charge in [0.2, 0.25) is 0 Å². The van der Waals surface area contributed by atoms with Crippen molar-refractivity contribution in [3.05, 3.63) is 59.9 Å². The van der Waals surface area contributed by atoms with E-state index in [-0.39, 0.29) is 18.0 Å². The Morgan fingerprint density at radius 1 is 1.08 bits per heavy atom. The van der Waals surface area contributed by atoms with Gasteiger partial charge in [-0.1, -0.05) is 12.1 Å². The Hall–Kier alpha value is -2.89. The normalized spacial score (nSPS) is 21.8. The molecule has 1 amide bonds. The van der Waals surface area contributed by atoms with Gasteiger partial charge in [0, 0.05) is 24.2 Å². The summed E-state index contributed by atoms with van der Waals surface area (Å²) in [6, 6.07) is 7.85. The number of nitrogens with zero attached hydrogens (tertiary/aromatic N) is 5. The largest absolute Gasteiger partial charge is 0.327 e. The molecule has 2 atom stereocenters. The summed E-state index contributed by atoms with van der Waals surface area (Å²) in [5, 5.41) is 0. The molecule has 2 aromatic heterocycles. The van der Waals surface area contributed by atoms with E-state index in [1.54, 1.807) is 12.5 Å². The van der Waals surface area contributed by atoms with Crippen LogP contribution in [0.5, 0.6) is 0 Å². The lowest BCUT2D eigenvalue weighted by atomic mass is 9.99. The van der Waals surface area contributed by atoms with Crippen LogP contribution in [0.1, 0.15) is 40.6 Å². The van der Waals surface area contributed by atoms with E-state index in [2.05, 4.69) is 19.9 Å². The molecule has 6 heteroatoms. The fourth-order valence-electron chi connectivity index (χ4n) is 3.93. The van der Waals surface area contributed by atoms with Crippen LogP contribution in [0.2, 0.25) is 0 Å². The molecular weight excluding hydrogens is 302 g/mol. The van der Waals surface area contributed by atoms with Crippen LogP contribution >= 0.6 is 0 Å². The first kappa shape index (κ1) is 13.5. The summed E-state index contributed by atoms with van der Waals surface area (Å²) in [6.07, 6.45) is 7.76. The number of benzene rings is 1. The number of fused-ring (bicyclic) bond motifs is 5. The topological polar surface area (TPSA) is 71.9 Å². The van der Waals surface area contributed by atoms with Gasteiger partial charge in [-0.05, 0) is 25.0 Å². The molecule has 2 aliphatic heterocycles. The Labute approximate surface area is 138 Å². The predicted molar refractivity (Wildman–Crippen MR) is 87.2 cm³/mol. The van der Waals surface area contributed by atoms with Gasteiger partial charge in [-0.2, -0.15) is 0 Å². The van der Waals surface area contributed by atoms with Crippen molar-refractivity contribution >= 4 is 16.9 Å². The van der Waals surface area contributed by atoms with E-state index in [0.717, 1.165) is 41.6 Å². The maximum atomic E-state index is 13.1. The third-order valence-electron chi connectivity index (χ3n) is 5.02. The first-order valence-corrected chi connectivity index (χ1v) is 8.14. The Morgan fingerprint density at radius 2 is 1.96 bits per heavy atom. The SMILES string of the molecule is O=C(c1cnc2ccccc2n1)N1C2CCC1c1cncnc1C2. The van der Waals surface area contributed by atoms with Crippen LogP contribution in [0, 0.1) is 0 Å². The molecule has 118 valence electrons. The molecule has 0 radical (unpaired) electrons. The molecule has 0 saturated carbocycles. The minimum Gasteiger partial charge on any atom is -0.327 e. The maximum absolute atomic E-state index is 13.1. The smallest absolute Gasteiger partial charge is 0.274 e. The molecule has 1 saturated heterocycles. The fraction of sp³-hybridized carbons (Fsp3) is 0.278. The van der Waals surface area contributed by atoms with Crippen molar-refractivity contribution in [2.45, 2.75) is 31.3 Å². The van der Waals surface area contributed by atoms with Crippen LogP contribution < -0.4 is 0 Å². The van der Waals surface area contributed by atoms with Crippen LogP contribution in [0.15, 0.2) is 43.0 Å². The Kier molecular flexibility index (Phi) is 2.85. The third kappa shape index (κ3) is 1.92. The Bertz CT molecular complexity index is 957. The van der Waals surface area contributed by atoms with Gasteiger partial charge in [0.25, 0.3) is 5.91 Å². The molecular formula is C18H15N5O. The molecule has 0 spiro atoms. The number of rotatable bonds is 1. The summed E-state index contributed by atoms with van der Waals surface area (Å²) < 4.78 is 0. The van der Waals surface area contributed by atoms with Crippen molar-refractivity contribution in [1.82, 2.24) is 24.8 Å². The van der Waals surface area contributed by atoms with Crippen molar-refractivity contribution < 1.29 is 4.79 Å². The van der Waals surface area contributed by atoms with Gasteiger partial charge in [-0.3, -0.25) is 9.78 Å². The average molecular weight is 317 g/mol. The van der Waals surface area contributed by atoms with Crippen molar-refractivity contribution in [2.24, 2.45) is 0 Å². The molecule has 2 aliphatic rings. The number of carbonyl (C=O) groups excluding carboxylic acids is 1. The maximum Gasteiger partial charge on any atom is 0.274 e. The highest BCUT2D eigenvalue weighted by atomic mass is 16.2. The average Bonchev–Trinajstić information content (AvgIpc) is 2.95. The van der Waals surface area contributed by atoms with Gasteiger partial charge in [0.1, 0.15) is 12.0 Å². The molecule has 5 rings (SSSR count). The highest BCUT2D eigenvalue weighted by molar-refractivity contribution is 5.94. The molecule has 3 aromatic rings. The number of para-hydroxylation sites is 2. The first-order chi connectivity index (χ1) is 11.8. The number of aromatic nitrogens is 4. The number of hydrogen-bond acceptors (Lipinski definition) is 5. The van der Waals surface area contributed by atoms with Crippen LogP contribution in [0.3, 0.4) is 0 Å². The van der Waals surface area contributed by atoms with E-state index in [9.17, 15) is 4.79 Å². The summed E-state index contributed by atoms with van der Waals surface area (Å²) in [6.45, 7) is 0. The van der Waals surface area contributed by atoms with E-state index >= 15 is 0 Å². The Morgan fingerprint density at radius 3 is 2.88 bits per heavy atom. The lowest BCUT2D eigenvalue weighted by Gasteiger charge is -2.35. The van der Waals surface area contributed by atoms with Crippen molar-refractivity contribution in [2.75, 3.05) is 0 Å². The van der Waals surface area contributed by atoms with Crippen LogP contribution in [-0.4, -0.2) is 36.8 Å². The zero-order valence-electron chi connectivity index (χ0n) is 13.0. The molecule has 2 bridgehead atoms. The second-order valence-corrected chi connectivity index (χ2v) is 6.33. The summed E-state index contributed by atoms with van der Waals surface area (Å²) in [5.41, 5.74) is 4.11. The number of hydrogen-bond donors (Lipinski definition) is 0. The lowest BCUT2D eigenvalue weighted by molar-refractivity contribution is 0.0637. The number of amides is 1. The minimum absolute atomic E-state index is 0.0461. The van der Waals surface area contributed by atoms with Gasteiger partial charge in [-0.25, -0.2) is 15.0 Å². The van der Waals surface area contributed by atoms with E-state index in [1.807, 2.05) is 35.4 Å². The van der Waals surface area contributed by atoms with Crippen molar-refractivity contribution in [1.29, 1.82) is 0 Å². The van der Waals surface area contributed by atoms with Gasteiger partial charge in [0.15, 0.2) is 0 Å². The zero-order valence-corrected chi connectivity index (χ0v) is 13.0. The van der Waals surface area contributed by atoms with Gasteiger partial charge >= 0.3 is 0 Å². The minimum atomic E-state index is -0.0461. The highest BCUT2D eigenvalue weighted by Gasteiger charge is 2.43. The van der Waals surface area contributed by atoms with Crippen LogP contribution in [0.4, 0.5) is 0 Å². The molecule has 6 nitrogen and oxygen atoms in total. The summed E-state index contributed by atoms with van der Waals surface area (Å²) in [7, 11) is 0. The molecule has 4 heterocycles. The van der Waals surface area contributed by atoms with Crippen molar-refractivity contribution in [3.8, 4) is 0 Å². The van der Waals surface area contributed by atoms with E-state index in [1.165, 1.54) is 0 Å². The molecule has 1 fully saturated rings. The summed E-state index contributed by atoms with van der Waals surface area (Å²) in [4.78, 5) is 32.5. The van der Waals surface area contributed by atoms with E-state index in [4.69, 9.17) is 0 Å². The molecule has 2 unspecified atom stereocenters. The summed E-state index contributed by atoms with van der Waals surface area (Å²) >= 11 is 0. The molecule has 24 heavy (non-hydrogen) atoms. The van der Waals surface area contributed by atoms with E-state index in [0.29, 0.717) is 5.69 Å². The third-order valence-corrected chi connectivity index (χ3v) is 5.02. The molecule has 0 aliphatic carbocycles. The summed E-state index contributed by atoms with van der Waals surface area (Å²) in [5.74, 6) is -0.0461. The molecule has 1 aromatic carbocycles. The second kappa shape index (κ2) is 5.06. The Balaban J connectivity index is 1.55. The predicted octanol–water partition coefficient (Wildman–Crippen LogP) is 2.32. The zero-order chi connectivity index (χ0) is 16.1. The number of carbonyl (C=O) groups is 1. The van der Waals surface area contributed by atoms with Crippen LogP contribution in [-0.2, 0) is 6.42 Å². The molecule has 0 N–H and O–H groups in total. The van der Waals surface area contributed by atoms with Gasteiger partial charge in [0.05, 0.1) is 29.0 Å². The van der Waals surface area contributed by atoms with Gasteiger partial charge in [-0.15, -0.1) is 0 Å². The second-order valence-electron chi connectivity index (χ2n) is 6.33. The van der Waals surface area contributed by atoms with Crippen molar-refractivity contribution in [3.63, 3.8) is 0 Å². The highest BCUT2D eigenvalue weighted by Crippen LogP contribution is 2.43. The monoisotopic (exact) mass is 317 g/mol. The van der Waals surface area contributed by atoms with Gasteiger partial charge < -0.3 is 4.90 Å². The quantitative estimate of drug-likeness (QED) is 0.689. The van der Waals surface area contributed by atoms with E-state index < -0.39 is 0 Å². The van der Waals surface area contributed by atoms with Crippen LogP contribution in [0.25, 0.3) is 11.0 Å². The first-order valence-electron chi connectivity index (χ1n) is 8.14. The lowest BCUT2D eigenvalue weighted by Crippen LogP contribution is -2.42. The standard InChI is InChI=1S/C18H15N5O/c24-18(16-9-20-13-3-1-2-4-14(13)22-16)23-11-5-6-17(23)12-8-19-10-21-15(12)7-11/h1-4,8-11,17H,5-7H2.